The highest BCUT2D eigenvalue weighted by molar-refractivity contribution is 7.99. The predicted molar refractivity (Wildman–Crippen MR) is 166 cm³/mol. The Kier molecular flexibility index (Phi) is 9.15. The summed E-state index contributed by atoms with van der Waals surface area (Å²) >= 11 is 1.56. The molecule has 1 fully saturated rings. The van der Waals surface area contributed by atoms with E-state index in [0.29, 0.717) is 38.6 Å². The van der Waals surface area contributed by atoms with Crippen LogP contribution in [0.1, 0.15) is 25.8 Å². The predicted octanol–water partition coefficient (Wildman–Crippen LogP) is 4.47. The Morgan fingerprint density at radius 1 is 1.00 bits per heavy atom. The van der Waals surface area contributed by atoms with Gasteiger partial charge in [-0.3, -0.25) is 9.59 Å². The van der Waals surface area contributed by atoms with Crippen molar-refractivity contribution in [2.75, 3.05) is 42.3 Å². The van der Waals surface area contributed by atoms with Crippen LogP contribution in [0.5, 0.6) is 0 Å². The van der Waals surface area contributed by atoms with Crippen molar-refractivity contribution < 1.29 is 19.1 Å². The van der Waals surface area contributed by atoms with E-state index < -0.39 is 11.6 Å². The number of nitrogens with one attached hydrogen (secondary N) is 2. The van der Waals surface area contributed by atoms with Gasteiger partial charge < -0.3 is 30.9 Å². The quantitative estimate of drug-likeness (QED) is 0.376. The molecule has 0 saturated carbocycles. The second-order valence-electron chi connectivity index (χ2n) is 11.3. The van der Waals surface area contributed by atoms with Gasteiger partial charge in [-0.2, -0.15) is 0 Å². The van der Waals surface area contributed by atoms with Crippen LogP contribution in [0.4, 0.5) is 16.2 Å². The number of morpholine rings is 1. The number of hydrogen-bond acceptors (Lipinski definition) is 6. The van der Waals surface area contributed by atoms with Crippen LogP contribution < -0.4 is 21.3 Å². The molecule has 5 rings (SSSR count). The lowest BCUT2D eigenvalue weighted by atomic mass is 10.0. The highest BCUT2D eigenvalue weighted by Gasteiger charge is 2.32. The van der Waals surface area contributed by atoms with Crippen molar-refractivity contribution in [3.05, 3.63) is 78.4 Å². The number of nitrogens with two attached hydrogens (primary N) is 1. The molecule has 10 heteroatoms. The lowest BCUT2D eigenvalue weighted by Gasteiger charge is -2.27. The van der Waals surface area contributed by atoms with Gasteiger partial charge in [0.25, 0.3) is 5.91 Å². The maximum atomic E-state index is 13.8. The average Bonchev–Trinajstić information content (AvgIpc) is 3.10. The monoisotopic (exact) mass is 587 g/mol. The summed E-state index contributed by atoms with van der Waals surface area (Å²) in [7, 11) is 0. The molecule has 2 aliphatic rings. The molecule has 0 radical (unpaired) electrons. The Morgan fingerprint density at radius 2 is 1.69 bits per heavy atom. The lowest BCUT2D eigenvalue weighted by Crippen LogP contribution is -2.51. The third-order valence-electron chi connectivity index (χ3n) is 7.15. The standard InChI is InChI=1S/C32H37N5O4S/c1-32(2,33)19-29(38)34-26-21-42-28-10-6-5-9-27(28)37(30(26)39)20-22-11-13-23(14-12-22)24-7-3-4-8-25(24)35-31(40)36-15-17-41-18-16-36/h3-14,26H,15-21,33H2,1-2H3,(H,34,38)(H,35,40)/t26-/m1/s1. The number of nitrogens with zero attached hydrogens (tertiary/aromatic N) is 2. The van der Waals surface area contributed by atoms with Crippen LogP contribution in [-0.4, -0.2) is 66.4 Å². The van der Waals surface area contributed by atoms with Crippen LogP contribution in [0.25, 0.3) is 11.1 Å². The molecule has 42 heavy (non-hydrogen) atoms. The molecule has 0 bridgehead atoms. The number of para-hydroxylation sites is 2. The molecule has 9 nitrogen and oxygen atoms in total. The van der Waals surface area contributed by atoms with Crippen LogP contribution in [0.15, 0.2) is 77.7 Å². The second-order valence-corrected chi connectivity index (χ2v) is 12.3. The molecule has 220 valence electrons. The summed E-state index contributed by atoms with van der Waals surface area (Å²) in [5.74, 6) is 0.0431. The van der Waals surface area contributed by atoms with Crippen molar-refractivity contribution in [1.82, 2.24) is 10.2 Å². The van der Waals surface area contributed by atoms with E-state index in [1.807, 2.05) is 72.8 Å². The largest absolute Gasteiger partial charge is 0.378 e. The van der Waals surface area contributed by atoms with Crippen molar-refractivity contribution in [3.63, 3.8) is 0 Å². The topological polar surface area (TPSA) is 117 Å². The van der Waals surface area contributed by atoms with Gasteiger partial charge in [0, 0.05) is 41.3 Å². The third-order valence-corrected chi connectivity index (χ3v) is 8.31. The Labute approximate surface area is 250 Å². The van der Waals surface area contributed by atoms with Crippen molar-refractivity contribution in [3.8, 4) is 11.1 Å². The number of rotatable bonds is 7. The summed E-state index contributed by atoms with van der Waals surface area (Å²) in [5, 5.41) is 5.97. The van der Waals surface area contributed by atoms with Crippen LogP contribution in [-0.2, 0) is 20.9 Å². The van der Waals surface area contributed by atoms with Gasteiger partial charge in [-0.05, 0) is 43.2 Å². The van der Waals surface area contributed by atoms with Crippen molar-refractivity contribution in [2.24, 2.45) is 5.73 Å². The van der Waals surface area contributed by atoms with Crippen LogP contribution >= 0.6 is 11.8 Å². The fraction of sp³-hybridized carbons (Fsp3) is 0.344. The summed E-state index contributed by atoms with van der Waals surface area (Å²) in [6, 6.07) is 22.7. The number of thioether (sulfide) groups is 1. The Hall–Kier alpha value is -3.86. The summed E-state index contributed by atoms with van der Waals surface area (Å²) < 4.78 is 5.36. The third kappa shape index (κ3) is 7.31. The minimum Gasteiger partial charge on any atom is -0.378 e. The lowest BCUT2D eigenvalue weighted by molar-refractivity contribution is -0.127. The van der Waals surface area contributed by atoms with Gasteiger partial charge in [-0.1, -0.05) is 54.6 Å². The van der Waals surface area contributed by atoms with Crippen molar-refractivity contribution in [2.45, 2.75) is 43.3 Å². The molecule has 1 atom stereocenters. The summed E-state index contributed by atoms with van der Waals surface area (Å²) in [5.41, 5.74) is 9.72. The number of benzene rings is 3. The van der Waals surface area contributed by atoms with Crippen molar-refractivity contribution in [1.29, 1.82) is 0 Å². The van der Waals surface area contributed by atoms with Gasteiger partial charge in [-0.15, -0.1) is 11.8 Å². The van der Waals surface area contributed by atoms with E-state index in [0.717, 1.165) is 33.0 Å². The minimum absolute atomic E-state index is 0.129. The van der Waals surface area contributed by atoms with Crippen LogP contribution in [0, 0.1) is 0 Å². The normalized spacial score (nSPS) is 17.3. The van der Waals surface area contributed by atoms with E-state index in [4.69, 9.17) is 10.5 Å². The molecule has 0 spiro atoms. The molecule has 0 aromatic heterocycles. The van der Waals surface area contributed by atoms with Gasteiger partial charge in [0.2, 0.25) is 5.91 Å². The minimum atomic E-state index is -0.668. The number of ether oxygens (including phenoxy) is 1. The summed E-state index contributed by atoms with van der Waals surface area (Å²) in [6.07, 6.45) is 0.129. The molecule has 2 heterocycles. The van der Waals surface area contributed by atoms with E-state index >= 15 is 0 Å². The van der Waals surface area contributed by atoms with Gasteiger partial charge >= 0.3 is 6.03 Å². The van der Waals surface area contributed by atoms with Crippen molar-refractivity contribution >= 4 is 41.0 Å². The first kappa shape index (κ1) is 29.6. The number of hydrogen-bond donors (Lipinski definition) is 3. The number of fused-ring (bicyclic) bond motifs is 1. The summed E-state index contributed by atoms with van der Waals surface area (Å²) in [6.45, 7) is 6.14. The van der Waals surface area contributed by atoms with E-state index in [9.17, 15) is 14.4 Å². The molecule has 2 aliphatic heterocycles. The van der Waals surface area contributed by atoms with Crippen LogP contribution in [0.2, 0.25) is 0 Å². The van der Waals surface area contributed by atoms with E-state index in [-0.39, 0.29) is 24.3 Å². The average molecular weight is 588 g/mol. The van der Waals surface area contributed by atoms with Gasteiger partial charge in [0.15, 0.2) is 0 Å². The van der Waals surface area contributed by atoms with Gasteiger partial charge in [0.1, 0.15) is 6.04 Å². The second kappa shape index (κ2) is 13.0. The Balaban J connectivity index is 1.34. The first-order valence-corrected chi connectivity index (χ1v) is 15.1. The molecule has 0 unspecified atom stereocenters. The number of amides is 4. The number of carbonyl (C=O) groups excluding carboxylic acids is 3. The zero-order valence-electron chi connectivity index (χ0n) is 24.0. The molecular weight excluding hydrogens is 550 g/mol. The molecular formula is C32H37N5O4S. The fourth-order valence-electron chi connectivity index (χ4n) is 5.06. The van der Waals surface area contributed by atoms with Gasteiger partial charge in [0.05, 0.1) is 31.1 Å². The maximum absolute atomic E-state index is 13.8. The van der Waals surface area contributed by atoms with Gasteiger partial charge in [-0.25, -0.2) is 4.79 Å². The maximum Gasteiger partial charge on any atom is 0.322 e. The Bertz CT molecular complexity index is 1430. The molecule has 1 saturated heterocycles. The molecule has 0 aliphatic carbocycles. The number of anilines is 2. The smallest absolute Gasteiger partial charge is 0.322 e. The number of carbonyl (C=O) groups is 3. The van der Waals surface area contributed by atoms with E-state index in [2.05, 4.69) is 10.6 Å². The highest BCUT2D eigenvalue weighted by Crippen LogP contribution is 2.36. The highest BCUT2D eigenvalue weighted by atomic mass is 32.2. The molecule has 4 amide bonds. The van der Waals surface area contributed by atoms with E-state index in [1.165, 1.54) is 0 Å². The zero-order valence-corrected chi connectivity index (χ0v) is 24.8. The zero-order chi connectivity index (χ0) is 29.7. The first-order valence-electron chi connectivity index (χ1n) is 14.1. The molecule has 3 aromatic rings. The molecule has 3 aromatic carbocycles. The van der Waals surface area contributed by atoms with Crippen LogP contribution in [0.3, 0.4) is 0 Å². The SMILES string of the molecule is CC(C)(N)CC(=O)N[C@@H]1CSc2ccccc2N(Cc2ccc(-c3ccccc3NC(=O)N3CCOCC3)cc2)C1=O. The first-order chi connectivity index (χ1) is 20.2. The summed E-state index contributed by atoms with van der Waals surface area (Å²) in [4.78, 5) is 43.8. The molecule has 4 N–H and O–H groups in total. The number of urea groups is 1. The Morgan fingerprint density at radius 3 is 2.43 bits per heavy atom. The van der Waals surface area contributed by atoms with E-state index in [1.54, 1.807) is 35.4 Å². The fourth-order valence-corrected chi connectivity index (χ4v) is 6.13.